The summed E-state index contributed by atoms with van der Waals surface area (Å²) in [5.74, 6) is 0.475. The second-order valence-electron chi connectivity index (χ2n) is 6.31. The molecule has 0 atom stereocenters. The van der Waals surface area contributed by atoms with Crippen molar-refractivity contribution in [2.75, 3.05) is 5.32 Å². The van der Waals surface area contributed by atoms with Crippen LogP contribution in [0.15, 0.2) is 60.7 Å². The predicted molar refractivity (Wildman–Crippen MR) is 102 cm³/mol. The number of carbonyl (C=O) groups is 1. The molecule has 4 heteroatoms. The molecule has 0 aliphatic rings. The van der Waals surface area contributed by atoms with Gasteiger partial charge in [-0.15, -0.1) is 0 Å². The van der Waals surface area contributed by atoms with Gasteiger partial charge in [-0.2, -0.15) is 0 Å². The van der Waals surface area contributed by atoms with E-state index in [0.29, 0.717) is 22.7 Å². The Morgan fingerprint density at radius 2 is 1.50 bits per heavy atom. The molecule has 3 rings (SSSR count). The number of anilines is 1. The molecule has 0 radical (unpaired) electrons. The van der Waals surface area contributed by atoms with E-state index in [1.807, 2.05) is 45.0 Å². The van der Waals surface area contributed by atoms with Gasteiger partial charge in [-0.25, -0.2) is 4.39 Å². The van der Waals surface area contributed by atoms with Crippen LogP contribution in [0.25, 0.3) is 0 Å². The molecule has 0 bridgehead atoms. The zero-order chi connectivity index (χ0) is 18.7. The lowest BCUT2D eigenvalue weighted by Crippen LogP contribution is -2.13. The molecule has 1 amide bonds. The highest BCUT2D eigenvalue weighted by molar-refractivity contribution is 6.05. The molecule has 0 saturated carbocycles. The standard InChI is InChI=1S/C22H20FNO2/c1-14-4-6-17(7-5-14)22(25)24-20-12-15(2)16(3)13-21(20)26-19-10-8-18(23)9-11-19/h4-13H,1-3H3,(H,24,25). The number of aryl methyl sites for hydroxylation is 3. The van der Waals surface area contributed by atoms with E-state index >= 15 is 0 Å². The first-order chi connectivity index (χ1) is 12.4. The molecule has 0 aliphatic heterocycles. The van der Waals surface area contributed by atoms with Crippen molar-refractivity contribution in [3.63, 3.8) is 0 Å². The van der Waals surface area contributed by atoms with Crippen LogP contribution < -0.4 is 10.1 Å². The van der Waals surface area contributed by atoms with E-state index in [2.05, 4.69) is 5.32 Å². The van der Waals surface area contributed by atoms with Crippen LogP contribution in [0.2, 0.25) is 0 Å². The Morgan fingerprint density at radius 3 is 2.15 bits per heavy atom. The van der Waals surface area contributed by atoms with Crippen molar-refractivity contribution in [2.24, 2.45) is 0 Å². The maximum Gasteiger partial charge on any atom is 0.255 e. The average Bonchev–Trinajstić information content (AvgIpc) is 2.61. The number of nitrogens with one attached hydrogen (secondary N) is 1. The van der Waals surface area contributed by atoms with Gasteiger partial charge in [0.25, 0.3) is 5.91 Å². The van der Waals surface area contributed by atoms with Crippen molar-refractivity contribution in [3.05, 3.63) is 88.7 Å². The average molecular weight is 349 g/mol. The van der Waals surface area contributed by atoms with Crippen LogP contribution in [-0.2, 0) is 0 Å². The Hall–Kier alpha value is -3.14. The number of carbonyl (C=O) groups excluding carboxylic acids is 1. The van der Waals surface area contributed by atoms with Crippen LogP contribution >= 0.6 is 0 Å². The fourth-order valence-corrected chi connectivity index (χ4v) is 2.50. The van der Waals surface area contributed by atoms with Crippen molar-refractivity contribution in [1.29, 1.82) is 0 Å². The molecule has 0 saturated heterocycles. The lowest BCUT2D eigenvalue weighted by atomic mass is 10.1. The number of benzene rings is 3. The summed E-state index contributed by atoms with van der Waals surface area (Å²) in [5, 5.41) is 2.91. The highest BCUT2D eigenvalue weighted by Gasteiger charge is 2.13. The molecule has 132 valence electrons. The van der Waals surface area contributed by atoms with Crippen LogP contribution in [0, 0.1) is 26.6 Å². The normalized spacial score (nSPS) is 10.5. The summed E-state index contributed by atoms with van der Waals surface area (Å²) < 4.78 is 19.0. The molecular weight excluding hydrogens is 329 g/mol. The van der Waals surface area contributed by atoms with E-state index in [1.165, 1.54) is 12.1 Å². The quantitative estimate of drug-likeness (QED) is 0.647. The van der Waals surface area contributed by atoms with Gasteiger partial charge in [-0.05, 0) is 80.4 Å². The lowest BCUT2D eigenvalue weighted by Gasteiger charge is -2.15. The number of hydrogen-bond donors (Lipinski definition) is 1. The molecule has 0 aliphatic carbocycles. The van der Waals surface area contributed by atoms with Crippen LogP contribution in [0.5, 0.6) is 11.5 Å². The molecule has 1 N–H and O–H groups in total. The van der Waals surface area contributed by atoms with Crippen LogP contribution in [0.3, 0.4) is 0 Å². The van der Waals surface area contributed by atoms with E-state index in [1.54, 1.807) is 24.3 Å². The van der Waals surface area contributed by atoms with Gasteiger partial charge in [0.05, 0.1) is 5.69 Å². The maximum atomic E-state index is 13.1. The Balaban J connectivity index is 1.89. The number of amides is 1. The minimum absolute atomic E-state index is 0.211. The van der Waals surface area contributed by atoms with Crippen molar-refractivity contribution in [1.82, 2.24) is 0 Å². The van der Waals surface area contributed by atoms with Gasteiger partial charge in [0.1, 0.15) is 11.6 Å². The topological polar surface area (TPSA) is 38.3 Å². The fourth-order valence-electron chi connectivity index (χ4n) is 2.50. The van der Waals surface area contributed by atoms with Crippen molar-refractivity contribution >= 4 is 11.6 Å². The third-order valence-electron chi connectivity index (χ3n) is 4.20. The van der Waals surface area contributed by atoms with Crippen LogP contribution in [0.1, 0.15) is 27.0 Å². The van der Waals surface area contributed by atoms with E-state index in [0.717, 1.165) is 16.7 Å². The summed E-state index contributed by atoms with van der Waals surface area (Å²) in [4.78, 5) is 12.6. The summed E-state index contributed by atoms with van der Waals surface area (Å²) in [7, 11) is 0. The molecule has 3 aromatic carbocycles. The van der Waals surface area contributed by atoms with Crippen molar-refractivity contribution in [2.45, 2.75) is 20.8 Å². The number of rotatable bonds is 4. The Labute approximate surface area is 152 Å². The number of hydrogen-bond acceptors (Lipinski definition) is 2. The third kappa shape index (κ3) is 4.09. The summed E-state index contributed by atoms with van der Waals surface area (Å²) in [6, 6.07) is 16.9. The van der Waals surface area contributed by atoms with Gasteiger partial charge in [0.2, 0.25) is 0 Å². The van der Waals surface area contributed by atoms with E-state index in [-0.39, 0.29) is 11.7 Å². The Kier molecular flexibility index (Phi) is 5.03. The second kappa shape index (κ2) is 7.40. The molecule has 0 aromatic heterocycles. The predicted octanol–water partition coefficient (Wildman–Crippen LogP) is 5.80. The monoisotopic (exact) mass is 349 g/mol. The minimum atomic E-state index is -0.328. The van der Waals surface area contributed by atoms with Gasteiger partial charge < -0.3 is 10.1 Å². The summed E-state index contributed by atoms with van der Waals surface area (Å²) in [5.41, 5.74) is 4.31. The largest absolute Gasteiger partial charge is 0.455 e. The van der Waals surface area contributed by atoms with Gasteiger partial charge in [0.15, 0.2) is 5.75 Å². The number of ether oxygens (including phenoxy) is 1. The second-order valence-corrected chi connectivity index (χ2v) is 6.31. The summed E-state index contributed by atoms with van der Waals surface area (Å²) in [6.45, 7) is 5.91. The third-order valence-corrected chi connectivity index (χ3v) is 4.20. The first kappa shape index (κ1) is 17.7. The van der Waals surface area contributed by atoms with Gasteiger partial charge >= 0.3 is 0 Å². The van der Waals surface area contributed by atoms with Gasteiger partial charge in [0, 0.05) is 5.56 Å². The van der Waals surface area contributed by atoms with E-state index in [9.17, 15) is 9.18 Å². The summed E-state index contributed by atoms with van der Waals surface area (Å²) in [6.07, 6.45) is 0. The smallest absolute Gasteiger partial charge is 0.255 e. The Bertz CT molecular complexity index is 932. The fraction of sp³-hybridized carbons (Fsp3) is 0.136. The maximum absolute atomic E-state index is 13.1. The summed E-state index contributed by atoms with van der Waals surface area (Å²) >= 11 is 0. The van der Waals surface area contributed by atoms with Gasteiger partial charge in [-0.1, -0.05) is 17.7 Å². The van der Waals surface area contributed by atoms with E-state index in [4.69, 9.17) is 4.74 Å². The molecule has 3 aromatic rings. The van der Waals surface area contributed by atoms with E-state index < -0.39 is 0 Å². The zero-order valence-electron chi connectivity index (χ0n) is 15.0. The SMILES string of the molecule is Cc1ccc(C(=O)Nc2cc(C)c(C)cc2Oc2ccc(F)cc2)cc1. The molecule has 26 heavy (non-hydrogen) atoms. The molecule has 0 heterocycles. The first-order valence-electron chi connectivity index (χ1n) is 8.35. The molecule has 0 unspecified atom stereocenters. The minimum Gasteiger partial charge on any atom is -0.455 e. The first-order valence-corrected chi connectivity index (χ1v) is 8.35. The van der Waals surface area contributed by atoms with Crippen molar-refractivity contribution < 1.29 is 13.9 Å². The lowest BCUT2D eigenvalue weighted by molar-refractivity contribution is 0.102. The zero-order valence-corrected chi connectivity index (χ0v) is 15.0. The van der Waals surface area contributed by atoms with Gasteiger partial charge in [-0.3, -0.25) is 4.79 Å². The van der Waals surface area contributed by atoms with Crippen molar-refractivity contribution in [3.8, 4) is 11.5 Å². The molecular formula is C22H20FNO2. The highest BCUT2D eigenvalue weighted by Crippen LogP contribution is 2.32. The highest BCUT2D eigenvalue weighted by atomic mass is 19.1. The molecule has 0 fully saturated rings. The molecule has 3 nitrogen and oxygen atoms in total. The van der Waals surface area contributed by atoms with Crippen LogP contribution in [-0.4, -0.2) is 5.91 Å². The number of halogens is 1. The Morgan fingerprint density at radius 1 is 0.885 bits per heavy atom. The van der Waals surface area contributed by atoms with Crippen LogP contribution in [0.4, 0.5) is 10.1 Å². The molecule has 0 spiro atoms.